The molecule has 3 N–H and O–H groups in total. The van der Waals surface area contributed by atoms with Crippen LogP contribution in [0.25, 0.3) is 10.1 Å². The standard InChI is InChI=1S/C10H10N2O3S2/c1-17(14,15)12-8-6-4-2-3-5-7(6)16-9(8)10(11)13/h2-5,12H,1H3,(H2,11,13). The van der Waals surface area contributed by atoms with Gasteiger partial charge in [0.25, 0.3) is 5.91 Å². The minimum absolute atomic E-state index is 0.219. The van der Waals surface area contributed by atoms with E-state index in [-0.39, 0.29) is 10.6 Å². The highest BCUT2D eigenvalue weighted by atomic mass is 32.2. The van der Waals surface area contributed by atoms with Gasteiger partial charge in [-0.1, -0.05) is 18.2 Å². The van der Waals surface area contributed by atoms with E-state index in [0.717, 1.165) is 11.0 Å². The highest BCUT2D eigenvalue weighted by Gasteiger charge is 2.18. The lowest BCUT2D eigenvalue weighted by atomic mass is 10.2. The first kappa shape index (κ1) is 11.9. The van der Waals surface area contributed by atoms with Gasteiger partial charge in [0.1, 0.15) is 4.88 Å². The monoisotopic (exact) mass is 270 g/mol. The number of primary amides is 1. The minimum atomic E-state index is -3.45. The number of amides is 1. The molecule has 0 bridgehead atoms. The molecule has 0 spiro atoms. The molecule has 5 nitrogen and oxygen atoms in total. The van der Waals surface area contributed by atoms with Crippen LogP contribution in [0.5, 0.6) is 0 Å². The van der Waals surface area contributed by atoms with Gasteiger partial charge in [-0.2, -0.15) is 0 Å². The maximum absolute atomic E-state index is 11.3. The Balaban J connectivity index is 2.72. The number of carbonyl (C=O) groups excluding carboxylic acids is 1. The van der Waals surface area contributed by atoms with E-state index < -0.39 is 15.9 Å². The summed E-state index contributed by atoms with van der Waals surface area (Å²) in [5, 5.41) is 0.678. The Bertz CT molecular complexity index is 689. The molecule has 2 aromatic rings. The number of sulfonamides is 1. The number of nitrogens with one attached hydrogen (secondary N) is 1. The second-order valence-electron chi connectivity index (χ2n) is 3.54. The fourth-order valence-corrected chi connectivity index (χ4v) is 3.16. The van der Waals surface area contributed by atoms with Crippen molar-refractivity contribution in [2.75, 3.05) is 11.0 Å². The molecule has 0 aliphatic rings. The number of hydrogen-bond donors (Lipinski definition) is 2. The summed E-state index contributed by atoms with van der Waals surface area (Å²) < 4.78 is 25.7. The number of nitrogens with two attached hydrogens (primary N) is 1. The highest BCUT2D eigenvalue weighted by Crippen LogP contribution is 2.35. The van der Waals surface area contributed by atoms with Gasteiger partial charge >= 0.3 is 0 Å². The van der Waals surface area contributed by atoms with Crippen molar-refractivity contribution in [2.45, 2.75) is 0 Å². The fourth-order valence-electron chi connectivity index (χ4n) is 1.51. The molecule has 0 aliphatic carbocycles. The lowest BCUT2D eigenvalue weighted by molar-refractivity contribution is 0.100. The second kappa shape index (κ2) is 4.01. The molecule has 0 fully saturated rings. The van der Waals surface area contributed by atoms with Crippen LogP contribution in [0, 0.1) is 0 Å². The van der Waals surface area contributed by atoms with Gasteiger partial charge in [-0.15, -0.1) is 11.3 Å². The molecule has 2 rings (SSSR count). The third-order valence-corrected chi connectivity index (χ3v) is 3.87. The predicted octanol–water partition coefficient (Wildman–Crippen LogP) is 1.37. The van der Waals surface area contributed by atoms with Crippen molar-refractivity contribution < 1.29 is 13.2 Å². The SMILES string of the molecule is CS(=O)(=O)Nc1c(C(N)=O)sc2ccccc12. The summed E-state index contributed by atoms with van der Waals surface area (Å²) in [7, 11) is -3.45. The Morgan fingerprint density at radius 3 is 2.59 bits per heavy atom. The average Bonchev–Trinajstić information content (AvgIpc) is 2.55. The molecule has 0 saturated carbocycles. The van der Waals surface area contributed by atoms with Crippen molar-refractivity contribution in [1.29, 1.82) is 0 Å². The van der Waals surface area contributed by atoms with Crippen molar-refractivity contribution >= 4 is 43.0 Å². The Kier molecular flexibility index (Phi) is 2.80. The van der Waals surface area contributed by atoms with Gasteiger partial charge in [-0.25, -0.2) is 8.42 Å². The Labute approximate surface area is 102 Å². The third-order valence-electron chi connectivity index (χ3n) is 2.11. The molecule has 0 aliphatic heterocycles. The first-order chi connectivity index (χ1) is 7.88. The summed E-state index contributed by atoms with van der Waals surface area (Å²) >= 11 is 1.17. The normalized spacial score (nSPS) is 11.6. The van der Waals surface area contributed by atoms with E-state index in [2.05, 4.69) is 4.72 Å². The van der Waals surface area contributed by atoms with Gasteiger partial charge < -0.3 is 5.73 Å². The zero-order valence-corrected chi connectivity index (χ0v) is 10.6. The van der Waals surface area contributed by atoms with Crippen LogP contribution in [0.4, 0.5) is 5.69 Å². The number of hydrogen-bond acceptors (Lipinski definition) is 4. The molecule has 1 aromatic carbocycles. The first-order valence-corrected chi connectivity index (χ1v) is 7.38. The van der Waals surface area contributed by atoms with Crippen molar-refractivity contribution in [3.8, 4) is 0 Å². The number of fused-ring (bicyclic) bond motifs is 1. The molecule has 0 radical (unpaired) electrons. The molecule has 0 atom stereocenters. The summed E-state index contributed by atoms with van der Waals surface area (Å²) in [6, 6.07) is 7.13. The van der Waals surface area contributed by atoms with Crippen LogP contribution in [-0.2, 0) is 10.0 Å². The van der Waals surface area contributed by atoms with Crippen molar-refractivity contribution in [1.82, 2.24) is 0 Å². The second-order valence-corrected chi connectivity index (χ2v) is 6.34. The molecular weight excluding hydrogens is 260 g/mol. The van der Waals surface area contributed by atoms with Crippen LogP contribution < -0.4 is 10.5 Å². The van der Waals surface area contributed by atoms with Crippen LogP contribution in [0.2, 0.25) is 0 Å². The van der Waals surface area contributed by atoms with Crippen molar-refractivity contribution in [3.63, 3.8) is 0 Å². The molecule has 90 valence electrons. The van der Waals surface area contributed by atoms with E-state index >= 15 is 0 Å². The van der Waals surface area contributed by atoms with Gasteiger partial charge in [0.05, 0.1) is 11.9 Å². The predicted molar refractivity (Wildman–Crippen MR) is 68.8 cm³/mol. The van der Waals surface area contributed by atoms with Gasteiger partial charge in [-0.3, -0.25) is 9.52 Å². The number of anilines is 1. The van der Waals surface area contributed by atoms with Crippen LogP contribution in [0.15, 0.2) is 24.3 Å². The lowest BCUT2D eigenvalue weighted by Crippen LogP contribution is -2.15. The first-order valence-electron chi connectivity index (χ1n) is 4.67. The maximum atomic E-state index is 11.3. The van der Waals surface area contributed by atoms with E-state index in [1.807, 2.05) is 6.07 Å². The van der Waals surface area contributed by atoms with Crippen molar-refractivity contribution in [3.05, 3.63) is 29.1 Å². The Hall–Kier alpha value is -1.60. The van der Waals surface area contributed by atoms with Crippen LogP contribution in [-0.4, -0.2) is 20.6 Å². The Morgan fingerprint density at radius 2 is 2.00 bits per heavy atom. The maximum Gasteiger partial charge on any atom is 0.260 e. The molecule has 0 saturated heterocycles. The summed E-state index contributed by atoms with van der Waals surface area (Å²) in [6.07, 6.45) is 1.03. The average molecular weight is 270 g/mol. The van der Waals surface area contributed by atoms with E-state index in [0.29, 0.717) is 5.39 Å². The molecule has 7 heteroatoms. The van der Waals surface area contributed by atoms with Crippen LogP contribution in [0.3, 0.4) is 0 Å². The summed E-state index contributed by atoms with van der Waals surface area (Å²) in [6.45, 7) is 0. The zero-order valence-electron chi connectivity index (χ0n) is 8.93. The summed E-state index contributed by atoms with van der Waals surface area (Å²) in [5.41, 5.74) is 5.50. The topological polar surface area (TPSA) is 89.3 Å². The quantitative estimate of drug-likeness (QED) is 0.882. The Morgan fingerprint density at radius 1 is 1.35 bits per heavy atom. The van der Waals surface area contributed by atoms with Crippen LogP contribution >= 0.6 is 11.3 Å². The summed E-state index contributed by atoms with van der Waals surface area (Å²) in [4.78, 5) is 11.5. The minimum Gasteiger partial charge on any atom is -0.365 e. The van der Waals surface area contributed by atoms with Gasteiger partial charge in [-0.05, 0) is 6.07 Å². The summed E-state index contributed by atoms with van der Waals surface area (Å²) in [5.74, 6) is -0.641. The molecule has 1 aromatic heterocycles. The molecular formula is C10H10N2O3S2. The van der Waals surface area contributed by atoms with Crippen LogP contribution in [0.1, 0.15) is 9.67 Å². The number of benzene rings is 1. The smallest absolute Gasteiger partial charge is 0.260 e. The number of thiophene rings is 1. The number of rotatable bonds is 3. The van der Waals surface area contributed by atoms with Crippen molar-refractivity contribution in [2.24, 2.45) is 5.73 Å². The number of carbonyl (C=O) groups is 1. The van der Waals surface area contributed by atoms with E-state index in [9.17, 15) is 13.2 Å². The molecule has 0 unspecified atom stereocenters. The largest absolute Gasteiger partial charge is 0.365 e. The van der Waals surface area contributed by atoms with Gasteiger partial charge in [0, 0.05) is 10.1 Å². The van der Waals surface area contributed by atoms with Gasteiger partial charge in [0.2, 0.25) is 10.0 Å². The molecule has 17 heavy (non-hydrogen) atoms. The highest BCUT2D eigenvalue weighted by molar-refractivity contribution is 7.92. The van der Waals surface area contributed by atoms with E-state index in [4.69, 9.17) is 5.73 Å². The third kappa shape index (κ3) is 2.40. The zero-order chi connectivity index (χ0) is 12.6. The van der Waals surface area contributed by atoms with Gasteiger partial charge in [0.15, 0.2) is 0 Å². The fraction of sp³-hybridized carbons (Fsp3) is 0.100. The van der Waals surface area contributed by atoms with E-state index in [1.165, 1.54) is 11.3 Å². The van der Waals surface area contributed by atoms with E-state index in [1.54, 1.807) is 18.2 Å². The lowest BCUT2D eigenvalue weighted by Gasteiger charge is -2.03. The molecule has 1 amide bonds. The molecule has 1 heterocycles.